The van der Waals surface area contributed by atoms with E-state index in [-0.39, 0.29) is 24.2 Å². The highest BCUT2D eigenvalue weighted by atomic mass is 35.5. The smallest absolute Gasteiger partial charge is 0.254 e. The second-order valence-electron chi connectivity index (χ2n) is 5.84. The molecule has 9 heteroatoms. The van der Waals surface area contributed by atoms with Crippen molar-refractivity contribution in [3.05, 3.63) is 33.8 Å². The Bertz CT molecular complexity index is 610. The molecule has 25 heavy (non-hydrogen) atoms. The number of benzene rings is 1. The van der Waals surface area contributed by atoms with Crippen molar-refractivity contribution in [3.63, 3.8) is 0 Å². The highest BCUT2D eigenvalue weighted by molar-refractivity contribution is 6.35. The lowest BCUT2D eigenvalue weighted by atomic mass is 10.1. The Labute approximate surface area is 162 Å². The Morgan fingerprint density at radius 2 is 1.64 bits per heavy atom. The number of amides is 2. The van der Waals surface area contributed by atoms with Gasteiger partial charge in [0.2, 0.25) is 0 Å². The molecule has 2 heterocycles. The second-order valence-corrected chi connectivity index (χ2v) is 6.71. The van der Waals surface area contributed by atoms with Crippen LogP contribution in [-0.2, 0) is 9.53 Å². The van der Waals surface area contributed by atoms with Crippen LogP contribution in [0.1, 0.15) is 10.4 Å². The molecule has 2 fully saturated rings. The van der Waals surface area contributed by atoms with E-state index in [4.69, 9.17) is 27.9 Å². The number of hydrogen-bond donors (Lipinski definition) is 1. The summed E-state index contributed by atoms with van der Waals surface area (Å²) < 4.78 is 5.50. The van der Waals surface area contributed by atoms with Gasteiger partial charge >= 0.3 is 0 Å². The number of nitrogens with zero attached hydrogens (tertiary/aromatic N) is 2. The number of piperazine rings is 1. The van der Waals surface area contributed by atoms with Crippen LogP contribution in [0, 0.1) is 0 Å². The van der Waals surface area contributed by atoms with Gasteiger partial charge in [0, 0.05) is 54.9 Å². The van der Waals surface area contributed by atoms with Gasteiger partial charge in [0.1, 0.15) is 6.10 Å². The zero-order valence-electron chi connectivity index (χ0n) is 13.5. The van der Waals surface area contributed by atoms with Gasteiger partial charge in [-0.1, -0.05) is 23.2 Å². The molecule has 0 radical (unpaired) electrons. The van der Waals surface area contributed by atoms with Crippen LogP contribution in [0.25, 0.3) is 0 Å². The monoisotopic (exact) mass is 407 g/mol. The Balaban J connectivity index is 0.00000225. The first-order valence-corrected chi connectivity index (χ1v) is 8.66. The molecule has 0 aromatic heterocycles. The summed E-state index contributed by atoms with van der Waals surface area (Å²) in [6.45, 7) is 3.82. The molecular formula is C16H20Cl3N3O3. The fourth-order valence-electron chi connectivity index (χ4n) is 2.92. The van der Waals surface area contributed by atoms with Crippen LogP contribution in [0.4, 0.5) is 0 Å². The minimum atomic E-state index is -0.423. The van der Waals surface area contributed by atoms with E-state index in [1.54, 1.807) is 28.0 Å². The average molecular weight is 409 g/mol. The molecule has 0 saturated carbocycles. The first-order valence-electron chi connectivity index (χ1n) is 7.91. The zero-order valence-corrected chi connectivity index (χ0v) is 15.9. The van der Waals surface area contributed by atoms with Gasteiger partial charge in [0.05, 0.1) is 6.61 Å². The lowest BCUT2D eigenvalue weighted by molar-refractivity contribution is -0.146. The Hall–Kier alpha value is -1.05. The summed E-state index contributed by atoms with van der Waals surface area (Å²) in [6, 6.07) is 4.80. The van der Waals surface area contributed by atoms with Crippen molar-refractivity contribution in [1.29, 1.82) is 0 Å². The van der Waals surface area contributed by atoms with Gasteiger partial charge in [0.15, 0.2) is 0 Å². The number of halogens is 3. The molecule has 2 amide bonds. The molecule has 2 aliphatic rings. The second kappa shape index (κ2) is 9.05. The minimum absolute atomic E-state index is 0. The van der Waals surface area contributed by atoms with E-state index >= 15 is 0 Å². The first-order chi connectivity index (χ1) is 11.5. The summed E-state index contributed by atoms with van der Waals surface area (Å²) in [7, 11) is 0. The van der Waals surface area contributed by atoms with Gasteiger partial charge in [-0.2, -0.15) is 0 Å². The third-order valence-electron chi connectivity index (χ3n) is 4.19. The van der Waals surface area contributed by atoms with Gasteiger partial charge in [-0.25, -0.2) is 0 Å². The number of ether oxygens (including phenoxy) is 1. The predicted octanol–water partition coefficient (Wildman–Crippen LogP) is 1.69. The van der Waals surface area contributed by atoms with Gasteiger partial charge in [-0.05, 0) is 18.2 Å². The van der Waals surface area contributed by atoms with Crippen molar-refractivity contribution in [2.24, 2.45) is 0 Å². The maximum absolute atomic E-state index is 12.6. The molecular weight excluding hydrogens is 389 g/mol. The van der Waals surface area contributed by atoms with Crippen LogP contribution in [0.5, 0.6) is 0 Å². The number of carbonyl (C=O) groups is 2. The standard InChI is InChI=1S/C16H19Cl2N3O3.ClH/c17-12-7-11(8-13(18)9-12)15(22)20-2-4-21(5-3-20)16(23)14-10-19-1-6-24-14;/h7-9,14,19H,1-6,10H2;1H. The predicted molar refractivity (Wildman–Crippen MR) is 98.8 cm³/mol. The van der Waals surface area contributed by atoms with E-state index in [9.17, 15) is 9.59 Å². The first kappa shape index (κ1) is 20.3. The molecule has 1 aromatic rings. The molecule has 138 valence electrons. The van der Waals surface area contributed by atoms with Crippen LogP contribution in [0.15, 0.2) is 18.2 Å². The summed E-state index contributed by atoms with van der Waals surface area (Å²) in [4.78, 5) is 28.4. The number of carbonyl (C=O) groups excluding carboxylic acids is 2. The Kier molecular flexibility index (Phi) is 7.34. The number of rotatable bonds is 2. The van der Waals surface area contributed by atoms with Crippen LogP contribution in [0.3, 0.4) is 0 Å². The molecule has 1 unspecified atom stereocenters. The molecule has 0 spiro atoms. The van der Waals surface area contributed by atoms with Crippen molar-refractivity contribution in [3.8, 4) is 0 Å². The maximum atomic E-state index is 12.6. The van der Waals surface area contributed by atoms with E-state index in [2.05, 4.69) is 5.32 Å². The zero-order chi connectivity index (χ0) is 17.1. The Morgan fingerprint density at radius 1 is 1.04 bits per heavy atom. The van der Waals surface area contributed by atoms with Gasteiger partial charge < -0.3 is 19.9 Å². The molecule has 0 bridgehead atoms. The summed E-state index contributed by atoms with van der Waals surface area (Å²) in [5, 5.41) is 4.02. The lowest BCUT2D eigenvalue weighted by Crippen LogP contribution is -2.56. The summed E-state index contributed by atoms with van der Waals surface area (Å²) in [6.07, 6.45) is -0.423. The van der Waals surface area contributed by atoms with E-state index in [1.165, 1.54) is 0 Å². The van der Waals surface area contributed by atoms with Crippen molar-refractivity contribution >= 4 is 47.4 Å². The van der Waals surface area contributed by atoms with Gasteiger partial charge in [-0.15, -0.1) is 12.4 Å². The number of hydrogen-bond acceptors (Lipinski definition) is 4. The molecule has 2 aliphatic heterocycles. The van der Waals surface area contributed by atoms with E-state index in [0.29, 0.717) is 54.9 Å². The molecule has 1 atom stereocenters. The SMILES string of the molecule is Cl.O=C(c1cc(Cl)cc(Cl)c1)N1CCN(C(=O)C2CNCCO2)CC1. The number of morpholine rings is 1. The molecule has 0 aliphatic carbocycles. The summed E-state index contributed by atoms with van der Waals surface area (Å²) in [5.41, 5.74) is 0.465. The highest BCUT2D eigenvalue weighted by Gasteiger charge is 2.30. The van der Waals surface area contributed by atoms with Crippen molar-refractivity contribution < 1.29 is 14.3 Å². The quantitative estimate of drug-likeness (QED) is 0.809. The van der Waals surface area contributed by atoms with E-state index in [0.717, 1.165) is 6.54 Å². The molecule has 6 nitrogen and oxygen atoms in total. The fraction of sp³-hybridized carbons (Fsp3) is 0.500. The minimum Gasteiger partial charge on any atom is -0.366 e. The van der Waals surface area contributed by atoms with Crippen LogP contribution in [0.2, 0.25) is 10.0 Å². The summed E-state index contributed by atoms with van der Waals surface area (Å²) in [5.74, 6) is -0.137. The summed E-state index contributed by atoms with van der Waals surface area (Å²) >= 11 is 11.9. The topological polar surface area (TPSA) is 61.9 Å². The molecule has 3 rings (SSSR count). The van der Waals surface area contributed by atoms with Crippen molar-refractivity contribution in [1.82, 2.24) is 15.1 Å². The van der Waals surface area contributed by atoms with Crippen molar-refractivity contribution in [2.75, 3.05) is 45.9 Å². The van der Waals surface area contributed by atoms with Gasteiger partial charge in [0.25, 0.3) is 11.8 Å². The lowest BCUT2D eigenvalue weighted by Gasteiger charge is -2.37. The highest BCUT2D eigenvalue weighted by Crippen LogP contribution is 2.21. The van der Waals surface area contributed by atoms with Crippen molar-refractivity contribution in [2.45, 2.75) is 6.10 Å². The van der Waals surface area contributed by atoms with Crippen LogP contribution < -0.4 is 5.32 Å². The molecule has 1 N–H and O–H groups in total. The third kappa shape index (κ3) is 4.99. The van der Waals surface area contributed by atoms with E-state index in [1.807, 2.05) is 0 Å². The van der Waals surface area contributed by atoms with Gasteiger partial charge in [-0.3, -0.25) is 9.59 Å². The fourth-order valence-corrected chi connectivity index (χ4v) is 3.44. The van der Waals surface area contributed by atoms with Crippen LogP contribution >= 0.6 is 35.6 Å². The Morgan fingerprint density at radius 3 is 2.20 bits per heavy atom. The average Bonchev–Trinajstić information content (AvgIpc) is 2.60. The molecule has 2 saturated heterocycles. The normalized spacial score (nSPS) is 20.8. The molecule has 1 aromatic carbocycles. The third-order valence-corrected chi connectivity index (χ3v) is 4.63. The maximum Gasteiger partial charge on any atom is 0.254 e. The van der Waals surface area contributed by atoms with Crippen LogP contribution in [-0.4, -0.2) is 73.6 Å². The number of nitrogens with one attached hydrogen (secondary N) is 1. The van der Waals surface area contributed by atoms with E-state index < -0.39 is 6.10 Å². The largest absolute Gasteiger partial charge is 0.366 e.